The average molecular weight is 413 g/mol. The Morgan fingerprint density at radius 3 is 0.929 bits per heavy atom. The summed E-state index contributed by atoms with van der Waals surface area (Å²) in [6.07, 6.45) is 3.20. The van der Waals surface area contributed by atoms with Crippen LogP contribution in [0.3, 0.4) is 0 Å². The van der Waals surface area contributed by atoms with Gasteiger partial charge in [-0.1, -0.05) is 22.3 Å². The van der Waals surface area contributed by atoms with Crippen molar-refractivity contribution in [3.05, 3.63) is 0 Å². The van der Waals surface area contributed by atoms with Crippen molar-refractivity contribution in [3.8, 4) is 0 Å². The molecule has 2 saturated heterocycles. The first-order valence-electron chi connectivity index (χ1n) is 9.47. The Kier molecular flexibility index (Phi) is 23.6. The van der Waals surface area contributed by atoms with E-state index in [0.29, 0.717) is 30.8 Å². The fourth-order valence-corrected chi connectivity index (χ4v) is 3.02. The Morgan fingerprint density at radius 2 is 0.821 bits per heavy atom. The summed E-state index contributed by atoms with van der Waals surface area (Å²) in [7, 11) is 0. The van der Waals surface area contributed by atoms with E-state index in [-0.39, 0.29) is 47.1 Å². The van der Waals surface area contributed by atoms with Gasteiger partial charge in [0.1, 0.15) is 0 Å². The van der Waals surface area contributed by atoms with E-state index in [9.17, 15) is 0 Å². The van der Waals surface area contributed by atoms with Crippen LogP contribution in [-0.4, -0.2) is 59.4 Å². The Bertz CT molecular complexity index is 244. The van der Waals surface area contributed by atoms with E-state index in [4.69, 9.17) is 29.2 Å². The highest BCUT2D eigenvalue weighted by molar-refractivity contribution is 4.63. The molecule has 2 fully saturated rings. The van der Waals surface area contributed by atoms with Crippen molar-refractivity contribution >= 4 is 0 Å². The van der Waals surface area contributed by atoms with Crippen molar-refractivity contribution in [2.75, 3.05) is 0 Å². The average Bonchev–Trinajstić information content (AvgIpc) is 2.34. The summed E-state index contributed by atoms with van der Waals surface area (Å²) in [5.74, 6) is 0. The minimum absolute atomic E-state index is 0. The largest absolute Gasteiger partial charge is 0.393 e. The van der Waals surface area contributed by atoms with E-state index >= 15 is 0 Å². The van der Waals surface area contributed by atoms with Crippen LogP contribution in [-0.2, 0) is 18.9 Å². The van der Waals surface area contributed by atoms with E-state index in [1.807, 2.05) is 13.8 Å². The van der Waals surface area contributed by atoms with Crippen molar-refractivity contribution in [1.82, 2.24) is 0 Å². The first kappa shape index (κ1) is 35.2. The van der Waals surface area contributed by atoms with Crippen LogP contribution in [0.2, 0.25) is 0 Å². The topological polar surface area (TPSA) is 77.4 Å². The molecule has 0 saturated carbocycles. The second-order valence-corrected chi connectivity index (χ2v) is 7.33. The zero-order chi connectivity index (χ0) is 19.6. The minimum Gasteiger partial charge on any atom is -0.393 e. The van der Waals surface area contributed by atoms with Gasteiger partial charge in [0, 0.05) is 0 Å². The van der Waals surface area contributed by atoms with Crippen LogP contribution in [0.4, 0.5) is 0 Å². The normalized spacial score (nSPS) is 33.6. The van der Waals surface area contributed by atoms with Crippen LogP contribution in [0.15, 0.2) is 0 Å². The van der Waals surface area contributed by atoms with E-state index in [2.05, 4.69) is 27.7 Å². The summed E-state index contributed by atoms with van der Waals surface area (Å²) >= 11 is 0. The molecule has 2 heterocycles. The molecule has 0 radical (unpaired) electrons. The lowest BCUT2D eigenvalue weighted by Gasteiger charge is -2.30. The third-order valence-electron chi connectivity index (χ3n) is 3.71. The second-order valence-electron chi connectivity index (χ2n) is 7.33. The molecule has 6 unspecified atom stereocenters. The number of hydrogen-bond acceptors (Lipinski definition) is 6. The summed E-state index contributed by atoms with van der Waals surface area (Å²) in [5, 5.41) is 17.1. The SMILES string of the molecule is C.C.C.CC(O)CC(C)O.CC1CC(C)OC(C)O1.CC1CC(C)OC(C)O1. The highest BCUT2D eigenvalue weighted by atomic mass is 16.7. The van der Waals surface area contributed by atoms with Gasteiger partial charge in [0.15, 0.2) is 12.6 Å². The second kappa shape index (κ2) is 18.8. The molecule has 28 heavy (non-hydrogen) atoms. The first-order chi connectivity index (χ1) is 11.5. The van der Waals surface area contributed by atoms with Gasteiger partial charge in [0.2, 0.25) is 0 Å². The molecule has 0 aliphatic carbocycles. The molecule has 2 N–H and O–H groups in total. The molecule has 6 atom stereocenters. The summed E-state index contributed by atoms with van der Waals surface area (Å²) in [4.78, 5) is 0. The fourth-order valence-electron chi connectivity index (χ4n) is 3.02. The maximum atomic E-state index is 8.56. The van der Waals surface area contributed by atoms with Crippen LogP contribution >= 0.6 is 0 Å². The highest BCUT2D eigenvalue weighted by Crippen LogP contribution is 2.17. The zero-order valence-corrected chi connectivity index (χ0v) is 17.3. The number of aliphatic hydroxyl groups excluding tert-OH is 2. The van der Waals surface area contributed by atoms with Crippen molar-refractivity contribution in [2.45, 2.75) is 146 Å². The van der Waals surface area contributed by atoms with Crippen LogP contribution in [0.1, 0.15) is 96.9 Å². The number of rotatable bonds is 2. The number of hydrogen-bond donors (Lipinski definition) is 2. The molecule has 0 aromatic rings. The molecule has 0 aromatic heterocycles. The van der Waals surface area contributed by atoms with Gasteiger partial charge in [0.25, 0.3) is 0 Å². The molecule has 6 heteroatoms. The number of aliphatic hydroxyl groups is 2. The number of ether oxygens (including phenoxy) is 4. The maximum absolute atomic E-state index is 8.56. The fraction of sp³-hybridized carbons (Fsp3) is 1.00. The molecule has 176 valence electrons. The molecule has 0 bridgehead atoms. The minimum atomic E-state index is -0.375. The van der Waals surface area contributed by atoms with Crippen molar-refractivity contribution in [3.63, 3.8) is 0 Å². The third kappa shape index (κ3) is 20.5. The monoisotopic (exact) mass is 412 g/mol. The zero-order valence-electron chi connectivity index (χ0n) is 17.3. The molecule has 0 spiro atoms. The van der Waals surface area contributed by atoms with E-state index in [0.717, 1.165) is 12.8 Å². The van der Waals surface area contributed by atoms with E-state index < -0.39 is 0 Å². The lowest BCUT2D eigenvalue weighted by Crippen LogP contribution is -2.33. The van der Waals surface area contributed by atoms with Gasteiger partial charge in [-0.25, -0.2) is 0 Å². The van der Waals surface area contributed by atoms with Crippen molar-refractivity contribution in [2.24, 2.45) is 0 Å². The molecular formula is C22H52O6. The van der Waals surface area contributed by atoms with Gasteiger partial charge in [-0.15, -0.1) is 0 Å². The predicted octanol–water partition coefficient (Wildman–Crippen LogP) is 5.14. The van der Waals surface area contributed by atoms with Gasteiger partial charge >= 0.3 is 0 Å². The Balaban J connectivity index is -0.000000148. The van der Waals surface area contributed by atoms with Gasteiger partial charge in [0.05, 0.1) is 36.6 Å². The van der Waals surface area contributed by atoms with Gasteiger partial charge in [-0.2, -0.15) is 0 Å². The third-order valence-corrected chi connectivity index (χ3v) is 3.71. The highest BCUT2D eigenvalue weighted by Gasteiger charge is 2.21. The molecule has 2 rings (SSSR count). The van der Waals surface area contributed by atoms with E-state index in [1.54, 1.807) is 13.8 Å². The first-order valence-corrected chi connectivity index (χ1v) is 9.47. The van der Waals surface area contributed by atoms with E-state index in [1.165, 1.54) is 0 Å². The summed E-state index contributed by atoms with van der Waals surface area (Å²) < 4.78 is 21.3. The lowest BCUT2D eigenvalue weighted by molar-refractivity contribution is -0.225. The quantitative estimate of drug-likeness (QED) is 0.654. The Hall–Kier alpha value is -0.240. The maximum Gasteiger partial charge on any atom is 0.155 e. The summed E-state index contributed by atoms with van der Waals surface area (Å²) in [5.41, 5.74) is 0. The molecule has 0 amide bonds. The van der Waals surface area contributed by atoms with Crippen LogP contribution in [0.5, 0.6) is 0 Å². The standard InChI is InChI=1S/2C7H14O2.C5H12O2.3CH4/c2*1-5-4-6(2)9-7(3)8-5;1-4(6)3-5(2)7;;;/h2*5-7H,4H2,1-3H3;4-7H,3H2,1-2H3;3*1H4. The van der Waals surface area contributed by atoms with Crippen molar-refractivity contribution < 1.29 is 29.2 Å². The van der Waals surface area contributed by atoms with Gasteiger partial charge in [-0.05, 0) is 74.7 Å². The Morgan fingerprint density at radius 1 is 0.607 bits per heavy atom. The molecule has 0 aromatic carbocycles. The summed E-state index contributed by atoms with van der Waals surface area (Å²) in [6.45, 7) is 15.5. The van der Waals surface area contributed by atoms with Gasteiger partial charge < -0.3 is 29.2 Å². The van der Waals surface area contributed by atoms with Crippen molar-refractivity contribution in [1.29, 1.82) is 0 Å². The lowest BCUT2D eigenvalue weighted by atomic mass is 10.2. The van der Waals surface area contributed by atoms with Gasteiger partial charge in [-0.3, -0.25) is 0 Å². The molecular weight excluding hydrogens is 360 g/mol. The van der Waals surface area contributed by atoms with Crippen LogP contribution < -0.4 is 0 Å². The molecule has 6 nitrogen and oxygen atoms in total. The Labute approximate surface area is 175 Å². The van der Waals surface area contributed by atoms with Crippen LogP contribution in [0.25, 0.3) is 0 Å². The molecule has 2 aliphatic rings. The molecule has 2 aliphatic heterocycles. The smallest absolute Gasteiger partial charge is 0.155 e. The summed E-state index contributed by atoms with van der Waals surface area (Å²) in [6, 6.07) is 0. The van der Waals surface area contributed by atoms with Crippen LogP contribution in [0, 0.1) is 0 Å². The predicted molar refractivity (Wildman–Crippen MR) is 119 cm³/mol.